The summed E-state index contributed by atoms with van der Waals surface area (Å²) in [7, 11) is 0. The highest BCUT2D eigenvalue weighted by atomic mass is 16.2. The van der Waals surface area contributed by atoms with E-state index in [4.69, 9.17) is 0 Å². The first-order valence-corrected chi connectivity index (χ1v) is 9.76. The molecular formula is C23H26N4O2. The second kappa shape index (κ2) is 10.3. The monoisotopic (exact) mass is 390 g/mol. The number of piperazine rings is 1. The van der Waals surface area contributed by atoms with Gasteiger partial charge in [-0.25, -0.2) is 0 Å². The first-order valence-electron chi connectivity index (χ1n) is 9.76. The number of aromatic nitrogens is 1. The van der Waals surface area contributed by atoms with Crippen LogP contribution in [-0.2, 0) is 0 Å². The lowest BCUT2D eigenvalue weighted by molar-refractivity contribution is 0.0644. The van der Waals surface area contributed by atoms with Crippen molar-refractivity contribution in [2.75, 3.05) is 39.3 Å². The summed E-state index contributed by atoms with van der Waals surface area (Å²) < 4.78 is 0. The second-order valence-electron chi connectivity index (χ2n) is 6.83. The molecule has 0 atom stereocenters. The Labute approximate surface area is 171 Å². The van der Waals surface area contributed by atoms with Crippen molar-refractivity contribution in [1.82, 2.24) is 20.1 Å². The van der Waals surface area contributed by atoms with Gasteiger partial charge < -0.3 is 10.2 Å². The van der Waals surface area contributed by atoms with Gasteiger partial charge >= 0.3 is 0 Å². The number of carbonyl (C=O) groups excluding carboxylic acids is 2. The lowest BCUT2D eigenvalue weighted by atomic mass is 10.2. The first kappa shape index (κ1) is 20.5. The van der Waals surface area contributed by atoms with E-state index in [9.17, 15) is 9.59 Å². The fourth-order valence-corrected chi connectivity index (χ4v) is 3.15. The molecule has 0 spiro atoms. The maximum Gasteiger partial charge on any atom is 0.272 e. The number of amides is 2. The smallest absolute Gasteiger partial charge is 0.272 e. The number of carbonyl (C=O) groups is 2. The van der Waals surface area contributed by atoms with Crippen molar-refractivity contribution in [3.63, 3.8) is 0 Å². The number of hydrogen-bond acceptors (Lipinski definition) is 4. The molecule has 150 valence electrons. The molecule has 1 aliphatic heterocycles. The summed E-state index contributed by atoms with van der Waals surface area (Å²) in [6.45, 7) is 7.72. The largest absolute Gasteiger partial charge is 0.349 e. The van der Waals surface area contributed by atoms with E-state index in [1.807, 2.05) is 18.2 Å². The van der Waals surface area contributed by atoms with Crippen LogP contribution in [0.2, 0.25) is 0 Å². The van der Waals surface area contributed by atoms with Crippen molar-refractivity contribution < 1.29 is 9.59 Å². The maximum absolute atomic E-state index is 12.8. The van der Waals surface area contributed by atoms with Crippen molar-refractivity contribution in [1.29, 1.82) is 0 Å². The number of rotatable bonds is 7. The molecule has 0 saturated carbocycles. The van der Waals surface area contributed by atoms with E-state index in [-0.39, 0.29) is 11.8 Å². The maximum atomic E-state index is 12.8. The summed E-state index contributed by atoms with van der Waals surface area (Å²) in [4.78, 5) is 33.1. The number of nitrogens with one attached hydrogen (secondary N) is 1. The van der Waals surface area contributed by atoms with Gasteiger partial charge in [0.05, 0.1) is 0 Å². The van der Waals surface area contributed by atoms with Crippen molar-refractivity contribution in [2.24, 2.45) is 0 Å². The van der Waals surface area contributed by atoms with Gasteiger partial charge in [-0.05, 0) is 17.7 Å². The molecule has 2 heterocycles. The van der Waals surface area contributed by atoms with Crippen LogP contribution < -0.4 is 5.32 Å². The number of benzene rings is 1. The third-order valence-electron chi connectivity index (χ3n) is 4.78. The van der Waals surface area contributed by atoms with Crippen LogP contribution in [0, 0.1) is 0 Å². The molecule has 1 aliphatic rings. The van der Waals surface area contributed by atoms with E-state index in [2.05, 4.69) is 46.1 Å². The van der Waals surface area contributed by atoms with Gasteiger partial charge in [-0.15, -0.1) is 6.58 Å². The van der Waals surface area contributed by atoms with E-state index in [1.165, 1.54) is 11.8 Å². The van der Waals surface area contributed by atoms with Crippen molar-refractivity contribution >= 4 is 17.9 Å². The zero-order chi connectivity index (χ0) is 20.5. The van der Waals surface area contributed by atoms with Crippen LogP contribution in [0.25, 0.3) is 6.08 Å². The minimum absolute atomic E-state index is 0.136. The van der Waals surface area contributed by atoms with Crippen LogP contribution in [0.5, 0.6) is 0 Å². The molecule has 0 radical (unpaired) electrons. The molecule has 1 fully saturated rings. The van der Waals surface area contributed by atoms with Gasteiger partial charge in [0, 0.05) is 51.0 Å². The fourth-order valence-electron chi connectivity index (χ4n) is 3.15. The molecule has 1 saturated heterocycles. The zero-order valence-electron chi connectivity index (χ0n) is 16.5. The van der Waals surface area contributed by atoms with Crippen molar-refractivity contribution in [3.05, 3.63) is 84.2 Å². The standard InChI is InChI=1S/C23H26N4O2/c1-2-11-25-22(28)20-10-12-24-21(18-20)23(29)27-16-14-26(15-17-27)13-6-9-19-7-4-3-5-8-19/h2-10,12,18H,1,11,13-17H2,(H,25,28)/b9-6+. The van der Waals surface area contributed by atoms with Crippen LogP contribution in [0.15, 0.2) is 67.4 Å². The topological polar surface area (TPSA) is 65.5 Å². The third-order valence-corrected chi connectivity index (χ3v) is 4.78. The highest BCUT2D eigenvalue weighted by molar-refractivity contribution is 5.98. The molecule has 29 heavy (non-hydrogen) atoms. The van der Waals surface area contributed by atoms with Gasteiger partial charge in [-0.3, -0.25) is 19.5 Å². The molecule has 2 amide bonds. The van der Waals surface area contributed by atoms with Crippen LogP contribution in [-0.4, -0.2) is 65.9 Å². The summed E-state index contributed by atoms with van der Waals surface area (Å²) in [5.74, 6) is -0.376. The average molecular weight is 390 g/mol. The quantitative estimate of drug-likeness (QED) is 0.738. The van der Waals surface area contributed by atoms with Crippen molar-refractivity contribution in [2.45, 2.75) is 0 Å². The van der Waals surface area contributed by atoms with Gasteiger partial charge in [0.2, 0.25) is 0 Å². The van der Waals surface area contributed by atoms with Gasteiger partial charge in [0.25, 0.3) is 11.8 Å². The molecular weight excluding hydrogens is 364 g/mol. The summed E-state index contributed by atoms with van der Waals surface area (Å²) in [6, 6.07) is 13.4. The minimum atomic E-state index is -0.239. The van der Waals surface area contributed by atoms with E-state index in [0.717, 1.165) is 19.6 Å². The molecule has 0 unspecified atom stereocenters. The lowest BCUT2D eigenvalue weighted by Gasteiger charge is -2.34. The van der Waals surface area contributed by atoms with Gasteiger partial charge in [0.1, 0.15) is 5.69 Å². The molecule has 3 rings (SSSR count). The lowest BCUT2D eigenvalue weighted by Crippen LogP contribution is -2.48. The number of hydrogen-bond donors (Lipinski definition) is 1. The minimum Gasteiger partial charge on any atom is -0.349 e. The van der Waals surface area contributed by atoms with Crippen LogP contribution in [0.1, 0.15) is 26.4 Å². The van der Waals surface area contributed by atoms with Crippen LogP contribution in [0.3, 0.4) is 0 Å². The first-order chi connectivity index (χ1) is 14.2. The second-order valence-corrected chi connectivity index (χ2v) is 6.83. The Kier molecular flexibility index (Phi) is 7.30. The van der Waals surface area contributed by atoms with Gasteiger partial charge in [0.15, 0.2) is 0 Å². The highest BCUT2D eigenvalue weighted by Gasteiger charge is 2.23. The Balaban J connectivity index is 1.51. The van der Waals surface area contributed by atoms with E-state index in [1.54, 1.807) is 23.1 Å². The van der Waals surface area contributed by atoms with Crippen LogP contribution >= 0.6 is 0 Å². The number of pyridine rings is 1. The van der Waals surface area contributed by atoms with Crippen LogP contribution in [0.4, 0.5) is 0 Å². The van der Waals surface area contributed by atoms with Gasteiger partial charge in [-0.1, -0.05) is 48.6 Å². The van der Waals surface area contributed by atoms with Crippen molar-refractivity contribution in [3.8, 4) is 0 Å². The Bertz CT molecular complexity index is 871. The van der Waals surface area contributed by atoms with E-state index >= 15 is 0 Å². The summed E-state index contributed by atoms with van der Waals surface area (Å²) in [5, 5.41) is 2.71. The highest BCUT2D eigenvalue weighted by Crippen LogP contribution is 2.10. The summed E-state index contributed by atoms with van der Waals surface area (Å²) in [5.41, 5.74) is 1.91. The fraction of sp³-hybridized carbons (Fsp3) is 0.261. The normalized spacial score (nSPS) is 14.7. The predicted octanol–water partition coefficient (Wildman–Crippen LogP) is 2.47. The SMILES string of the molecule is C=CCNC(=O)c1ccnc(C(=O)N2CCN(C/C=C/c3ccccc3)CC2)c1. The molecule has 2 aromatic rings. The summed E-state index contributed by atoms with van der Waals surface area (Å²) in [6.07, 6.45) is 7.38. The molecule has 1 aromatic heterocycles. The molecule has 0 bridgehead atoms. The van der Waals surface area contributed by atoms with Gasteiger partial charge in [-0.2, -0.15) is 0 Å². The Morgan fingerprint density at radius 2 is 1.86 bits per heavy atom. The number of nitrogens with zero attached hydrogens (tertiary/aromatic N) is 3. The molecule has 6 nitrogen and oxygen atoms in total. The summed E-state index contributed by atoms with van der Waals surface area (Å²) >= 11 is 0. The molecule has 1 N–H and O–H groups in total. The molecule has 0 aliphatic carbocycles. The Morgan fingerprint density at radius 1 is 1.10 bits per heavy atom. The van der Waals surface area contributed by atoms with E-state index in [0.29, 0.717) is 30.9 Å². The zero-order valence-corrected chi connectivity index (χ0v) is 16.5. The molecule has 1 aromatic carbocycles. The third kappa shape index (κ3) is 5.86. The predicted molar refractivity (Wildman–Crippen MR) is 115 cm³/mol. The Morgan fingerprint density at radius 3 is 2.59 bits per heavy atom. The Hall–Kier alpha value is -3.25. The molecule has 6 heteroatoms. The van der Waals surface area contributed by atoms with E-state index < -0.39 is 0 Å². The average Bonchev–Trinajstić information content (AvgIpc) is 2.78.